The van der Waals surface area contributed by atoms with Crippen LogP contribution in [0.4, 0.5) is 26.3 Å². The zero-order valence-electron chi connectivity index (χ0n) is 7.53. The molecule has 0 aromatic rings. The smallest absolute Gasteiger partial charge is 0.272 e. The van der Waals surface area contributed by atoms with Crippen LogP contribution in [-0.2, 0) is 10.1 Å². The summed E-state index contributed by atoms with van der Waals surface area (Å²) in [5, 5.41) is 0. The van der Waals surface area contributed by atoms with Crippen molar-refractivity contribution < 1.29 is 39.3 Å². The molecule has 4 unspecified atom stereocenters. The van der Waals surface area contributed by atoms with Gasteiger partial charge in [-0.1, -0.05) is 0 Å². The largest absolute Gasteiger partial charge is 0.285 e. The highest BCUT2D eigenvalue weighted by Crippen LogP contribution is 2.22. The van der Waals surface area contributed by atoms with Gasteiger partial charge in [0.2, 0.25) is 0 Å². The lowest BCUT2D eigenvalue weighted by molar-refractivity contribution is -0.0370. The molecule has 0 heterocycles. The van der Waals surface area contributed by atoms with E-state index < -0.39 is 47.0 Å². The van der Waals surface area contributed by atoms with E-state index in [9.17, 15) is 34.8 Å². The molecule has 4 atom stereocenters. The van der Waals surface area contributed by atoms with Crippen molar-refractivity contribution in [1.29, 1.82) is 0 Å². The Balaban J connectivity index is 4.49. The minimum atomic E-state index is -4.94. The molecule has 10 heteroatoms. The molecular weight excluding hydrogens is 266 g/mol. The van der Waals surface area contributed by atoms with E-state index in [-0.39, 0.29) is 0 Å². The van der Waals surface area contributed by atoms with Crippen molar-refractivity contribution in [3.05, 3.63) is 0 Å². The minimum Gasteiger partial charge on any atom is -0.285 e. The fraction of sp³-hybridized carbons (Fsp3) is 1.00. The van der Waals surface area contributed by atoms with E-state index >= 15 is 0 Å². The lowest BCUT2D eigenvalue weighted by Crippen LogP contribution is -2.40. The van der Waals surface area contributed by atoms with Crippen LogP contribution >= 0.6 is 0 Å². The van der Waals surface area contributed by atoms with Gasteiger partial charge in [0.1, 0.15) is 5.75 Å². The molecule has 0 aliphatic heterocycles. The van der Waals surface area contributed by atoms with Gasteiger partial charge >= 0.3 is 0 Å². The SMILES string of the molecule is O=S(=O)(O)CC(F)C(F)C(F)C(F)C(F)F. The average molecular weight is 274 g/mol. The Morgan fingerprint density at radius 1 is 0.875 bits per heavy atom. The van der Waals surface area contributed by atoms with E-state index in [2.05, 4.69) is 0 Å². The zero-order valence-corrected chi connectivity index (χ0v) is 8.35. The number of hydrogen-bond donors (Lipinski definition) is 1. The van der Waals surface area contributed by atoms with E-state index in [1.807, 2.05) is 0 Å². The normalized spacial score (nSPS) is 20.5. The maximum absolute atomic E-state index is 12.6. The Bertz CT molecular complexity index is 307. The summed E-state index contributed by atoms with van der Waals surface area (Å²) in [4.78, 5) is 0. The molecule has 0 aliphatic rings. The van der Waals surface area contributed by atoms with E-state index in [4.69, 9.17) is 4.55 Å². The molecule has 0 aromatic heterocycles. The Kier molecular flexibility index (Phi) is 5.53. The van der Waals surface area contributed by atoms with Gasteiger partial charge in [0.15, 0.2) is 24.7 Å². The first-order valence-corrected chi connectivity index (χ1v) is 5.46. The Morgan fingerprint density at radius 3 is 1.62 bits per heavy atom. The third-order valence-electron chi connectivity index (χ3n) is 1.56. The molecule has 0 fully saturated rings. The Hall–Kier alpha value is -0.510. The van der Waals surface area contributed by atoms with Gasteiger partial charge in [0, 0.05) is 0 Å². The van der Waals surface area contributed by atoms with Gasteiger partial charge in [-0.3, -0.25) is 4.55 Å². The summed E-state index contributed by atoms with van der Waals surface area (Å²) in [5.74, 6) is -1.83. The van der Waals surface area contributed by atoms with Gasteiger partial charge in [-0.2, -0.15) is 8.42 Å². The zero-order chi connectivity index (χ0) is 13.1. The summed E-state index contributed by atoms with van der Waals surface area (Å²) in [6, 6.07) is 0. The second-order valence-electron chi connectivity index (χ2n) is 2.93. The second-order valence-corrected chi connectivity index (χ2v) is 4.43. The number of alkyl halides is 6. The van der Waals surface area contributed by atoms with Crippen molar-refractivity contribution in [3.8, 4) is 0 Å². The minimum absolute atomic E-state index is 1.83. The summed E-state index contributed by atoms with van der Waals surface area (Å²) in [7, 11) is -4.94. The molecule has 3 nitrogen and oxygen atoms in total. The third-order valence-corrected chi connectivity index (χ3v) is 2.30. The molecule has 0 rings (SSSR count). The summed E-state index contributed by atoms with van der Waals surface area (Å²) < 4.78 is 101. The summed E-state index contributed by atoms with van der Waals surface area (Å²) in [6.45, 7) is 0. The van der Waals surface area contributed by atoms with Crippen LogP contribution in [0.2, 0.25) is 0 Å². The highest BCUT2D eigenvalue weighted by atomic mass is 32.2. The van der Waals surface area contributed by atoms with Gasteiger partial charge in [0.25, 0.3) is 16.5 Å². The molecule has 0 radical (unpaired) electrons. The molecular formula is C6H8F6O3S. The van der Waals surface area contributed by atoms with Crippen LogP contribution in [0.1, 0.15) is 0 Å². The van der Waals surface area contributed by atoms with Crippen molar-refractivity contribution in [3.63, 3.8) is 0 Å². The lowest BCUT2D eigenvalue weighted by atomic mass is 10.1. The molecule has 1 N–H and O–H groups in total. The standard InChI is InChI=1S/C6H8F6O3S/c7-2(1-16(13,14)15)3(8)4(9)5(10)6(11)12/h2-6H,1H2,(H,13,14,15). The van der Waals surface area contributed by atoms with Gasteiger partial charge in [0.05, 0.1) is 0 Å². The molecule has 0 saturated heterocycles. The molecule has 0 aliphatic carbocycles. The van der Waals surface area contributed by atoms with Crippen LogP contribution in [-0.4, -0.2) is 49.8 Å². The predicted molar refractivity (Wildman–Crippen MR) is 42.0 cm³/mol. The summed E-state index contributed by atoms with van der Waals surface area (Å²) in [5.41, 5.74) is 0. The molecule has 16 heavy (non-hydrogen) atoms. The van der Waals surface area contributed by atoms with Crippen LogP contribution in [0, 0.1) is 0 Å². The van der Waals surface area contributed by atoms with Crippen LogP contribution in [0.5, 0.6) is 0 Å². The molecule has 0 spiro atoms. The van der Waals surface area contributed by atoms with Crippen molar-refractivity contribution in [2.24, 2.45) is 0 Å². The molecule has 98 valence electrons. The van der Waals surface area contributed by atoms with E-state index in [0.717, 1.165) is 0 Å². The van der Waals surface area contributed by atoms with Gasteiger partial charge in [-0.05, 0) is 0 Å². The van der Waals surface area contributed by atoms with Gasteiger partial charge < -0.3 is 0 Å². The van der Waals surface area contributed by atoms with Crippen LogP contribution < -0.4 is 0 Å². The number of rotatable bonds is 6. The Morgan fingerprint density at radius 2 is 1.31 bits per heavy atom. The van der Waals surface area contributed by atoms with Crippen LogP contribution in [0.3, 0.4) is 0 Å². The fourth-order valence-corrected chi connectivity index (χ4v) is 1.39. The topological polar surface area (TPSA) is 54.4 Å². The fourth-order valence-electron chi connectivity index (χ4n) is 0.807. The number of hydrogen-bond acceptors (Lipinski definition) is 2. The van der Waals surface area contributed by atoms with Gasteiger partial charge in [-0.25, -0.2) is 26.3 Å². The van der Waals surface area contributed by atoms with E-state index in [1.165, 1.54) is 0 Å². The number of halogens is 6. The summed E-state index contributed by atoms with van der Waals surface area (Å²) in [6.07, 6.45) is -17.4. The van der Waals surface area contributed by atoms with E-state index in [1.54, 1.807) is 0 Å². The van der Waals surface area contributed by atoms with Crippen molar-refractivity contribution >= 4 is 10.1 Å². The first-order valence-electron chi connectivity index (χ1n) is 3.86. The highest BCUT2D eigenvalue weighted by molar-refractivity contribution is 7.85. The quantitative estimate of drug-likeness (QED) is 0.589. The van der Waals surface area contributed by atoms with E-state index in [0.29, 0.717) is 0 Å². The second kappa shape index (κ2) is 5.71. The first kappa shape index (κ1) is 15.5. The Labute approximate surface area is 87.2 Å². The molecule has 0 saturated carbocycles. The molecule has 0 aromatic carbocycles. The van der Waals surface area contributed by atoms with Crippen molar-refractivity contribution in [1.82, 2.24) is 0 Å². The molecule has 0 amide bonds. The maximum Gasteiger partial charge on any atom is 0.272 e. The van der Waals surface area contributed by atoms with Crippen molar-refractivity contribution in [2.75, 3.05) is 5.75 Å². The predicted octanol–water partition coefficient (Wildman–Crippen LogP) is 1.49. The maximum atomic E-state index is 12.6. The monoisotopic (exact) mass is 274 g/mol. The lowest BCUT2D eigenvalue weighted by Gasteiger charge is -2.19. The third kappa shape index (κ3) is 5.01. The van der Waals surface area contributed by atoms with Crippen LogP contribution in [0.15, 0.2) is 0 Å². The van der Waals surface area contributed by atoms with Gasteiger partial charge in [-0.15, -0.1) is 0 Å². The average Bonchev–Trinajstić information content (AvgIpc) is 2.11. The van der Waals surface area contributed by atoms with Crippen molar-refractivity contribution in [2.45, 2.75) is 31.1 Å². The highest BCUT2D eigenvalue weighted by Gasteiger charge is 2.41. The summed E-state index contributed by atoms with van der Waals surface area (Å²) >= 11 is 0. The molecule has 0 bridgehead atoms. The van der Waals surface area contributed by atoms with Crippen LogP contribution in [0.25, 0.3) is 0 Å². The first-order chi connectivity index (χ1) is 7.06.